The maximum absolute atomic E-state index is 12.8. The molecule has 3 aromatic rings. The predicted octanol–water partition coefficient (Wildman–Crippen LogP) is 7.02. The summed E-state index contributed by atoms with van der Waals surface area (Å²) >= 11 is 16.5. The average Bonchev–Trinajstić information content (AvgIpc) is 3.11. The standard InChI is InChI=1S/C26H19BrCl2N2O5S/c1-35-22-9-7-17(12-20(22)29)30-24(32)13-31-25(33)23(37-26(31)34)11-15-6-8-21(18(27)10-15)36-14-16-4-2-3-5-19(16)28/h2-12H,13-14H2,1H3,(H,30,32)/b23-11+. The molecule has 1 fully saturated rings. The Labute approximate surface area is 235 Å². The lowest BCUT2D eigenvalue weighted by Crippen LogP contribution is -2.36. The molecule has 11 heteroatoms. The summed E-state index contributed by atoms with van der Waals surface area (Å²) in [5.41, 5.74) is 1.95. The van der Waals surface area contributed by atoms with Gasteiger partial charge in [-0.25, -0.2) is 0 Å². The summed E-state index contributed by atoms with van der Waals surface area (Å²) in [6.45, 7) is -0.133. The van der Waals surface area contributed by atoms with Gasteiger partial charge in [-0.15, -0.1) is 0 Å². The number of ether oxygens (including phenoxy) is 2. The largest absolute Gasteiger partial charge is 0.495 e. The Morgan fingerprint density at radius 3 is 2.51 bits per heavy atom. The molecule has 3 aromatic carbocycles. The van der Waals surface area contributed by atoms with Gasteiger partial charge in [0, 0.05) is 16.3 Å². The average molecular weight is 622 g/mol. The molecule has 0 aromatic heterocycles. The van der Waals surface area contributed by atoms with Crippen LogP contribution in [0.2, 0.25) is 10.0 Å². The normalized spacial score (nSPS) is 14.3. The summed E-state index contributed by atoms with van der Waals surface area (Å²) in [4.78, 5) is 38.9. The summed E-state index contributed by atoms with van der Waals surface area (Å²) in [6.07, 6.45) is 1.59. The van der Waals surface area contributed by atoms with E-state index in [1.807, 2.05) is 18.2 Å². The van der Waals surface area contributed by atoms with Crippen LogP contribution < -0.4 is 14.8 Å². The van der Waals surface area contributed by atoms with Crippen molar-refractivity contribution >= 4 is 79.7 Å². The van der Waals surface area contributed by atoms with E-state index in [2.05, 4.69) is 21.2 Å². The minimum absolute atomic E-state index is 0.210. The number of amides is 3. The van der Waals surface area contributed by atoms with Gasteiger partial charge in [0.15, 0.2) is 0 Å². The van der Waals surface area contributed by atoms with Gasteiger partial charge in [0.05, 0.1) is 21.5 Å². The van der Waals surface area contributed by atoms with Gasteiger partial charge >= 0.3 is 0 Å². The Bertz CT molecular complexity index is 1420. The number of thioether (sulfide) groups is 1. The molecule has 0 spiro atoms. The number of nitrogens with zero attached hydrogens (tertiary/aromatic N) is 1. The summed E-state index contributed by atoms with van der Waals surface area (Å²) in [5, 5.41) is 3.03. The zero-order valence-corrected chi connectivity index (χ0v) is 23.2. The minimum atomic E-state index is -0.548. The van der Waals surface area contributed by atoms with Crippen molar-refractivity contribution < 1.29 is 23.9 Å². The molecule has 0 bridgehead atoms. The molecule has 1 heterocycles. The van der Waals surface area contributed by atoms with Crippen molar-refractivity contribution in [2.45, 2.75) is 6.61 Å². The zero-order valence-electron chi connectivity index (χ0n) is 19.3. The van der Waals surface area contributed by atoms with Crippen molar-refractivity contribution in [2.75, 3.05) is 19.0 Å². The molecule has 1 N–H and O–H groups in total. The Kier molecular flexibility index (Phi) is 8.81. The van der Waals surface area contributed by atoms with Gasteiger partial charge in [0.1, 0.15) is 24.7 Å². The molecule has 1 aliphatic heterocycles. The molecular formula is C26H19BrCl2N2O5S. The van der Waals surface area contributed by atoms with Crippen LogP contribution in [-0.2, 0) is 16.2 Å². The van der Waals surface area contributed by atoms with Crippen molar-refractivity contribution in [1.29, 1.82) is 0 Å². The van der Waals surface area contributed by atoms with Gasteiger partial charge in [-0.1, -0.05) is 47.5 Å². The van der Waals surface area contributed by atoms with Crippen LogP contribution in [0, 0.1) is 0 Å². The monoisotopic (exact) mass is 620 g/mol. The first-order chi connectivity index (χ1) is 17.7. The van der Waals surface area contributed by atoms with Crippen molar-refractivity contribution in [1.82, 2.24) is 4.90 Å². The number of anilines is 1. The second-order valence-corrected chi connectivity index (χ2v) is 10.4. The Morgan fingerprint density at radius 1 is 1.05 bits per heavy atom. The molecule has 0 radical (unpaired) electrons. The Balaban J connectivity index is 1.39. The van der Waals surface area contributed by atoms with Gasteiger partial charge in [0.25, 0.3) is 11.1 Å². The van der Waals surface area contributed by atoms with Crippen molar-refractivity contribution in [3.63, 3.8) is 0 Å². The fourth-order valence-corrected chi connectivity index (χ4v) is 5.17. The molecule has 4 rings (SSSR count). The molecule has 3 amide bonds. The van der Waals surface area contributed by atoms with Crippen LogP contribution in [0.3, 0.4) is 0 Å². The first kappa shape index (κ1) is 27.1. The molecule has 0 saturated carbocycles. The van der Waals surface area contributed by atoms with Crippen molar-refractivity contribution in [3.8, 4) is 11.5 Å². The third-order valence-electron chi connectivity index (χ3n) is 5.21. The topological polar surface area (TPSA) is 84.9 Å². The third kappa shape index (κ3) is 6.67. The van der Waals surface area contributed by atoms with E-state index in [1.165, 1.54) is 13.2 Å². The first-order valence-corrected chi connectivity index (χ1v) is 13.2. The molecular weight excluding hydrogens is 603 g/mol. The SMILES string of the molecule is COc1ccc(NC(=O)CN2C(=O)S/C(=C/c3ccc(OCc4ccccc4Cl)c(Br)c3)C2=O)cc1Cl. The van der Waals surface area contributed by atoms with Gasteiger partial charge in [0.2, 0.25) is 5.91 Å². The fraction of sp³-hybridized carbons (Fsp3) is 0.115. The van der Waals surface area contributed by atoms with Gasteiger partial charge in [-0.2, -0.15) is 0 Å². The van der Waals surface area contributed by atoms with E-state index in [-0.39, 0.29) is 4.91 Å². The van der Waals surface area contributed by atoms with E-state index >= 15 is 0 Å². The number of nitrogens with one attached hydrogen (secondary N) is 1. The lowest BCUT2D eigenvalue weighted by molar-refractivity contribution is -0.127. The smallest absolute Gasteiger partial charge is 0.294 e. The summed E-state index contributed by atoms with van der Waals surface area (Å²) < 4.78 is 11.6. The molecule has 190 valence electrons. The number of carbonyl (C=O) groups is 3. The first-order valence-electron chi connectivity index (χ1n) is 10.8. The van der Waals surface area contributed by atoms with E-state index in [4.69, 9.17) is 32.7 Å². The van der Waals surface area contributed by atoms with E-state index in [0.717, 1.165) is 22.2 Å². The summed E-state index contributed by atoms with van der Waals surface area (Å²) in [5.74, 6) is -0.0244. The minimum Gasteiger partial charge on any atom is -0.495 e. The quantitative estimate of drug-likeness (QED) is 0.272. The van der Waals surface area contributed by atoms with Crippen LogP contribution in [0.1, 0.15) is 11.1 Å². The van der Waals surface area contributed by atoms with Crippen LogP contribution in [0.15, 0.2) is 70.0 Å². The second kappa shape index (κ2) is 12.0. The molecule has 7 nitrogen and oxygen atoms in total. The lowest BCUT2D eigenvalue weighted by atomic mass is 10.2. The number of rotatable bonds is 8. The van der Waals surface area contributed by atoms with Gasteiger partial charge in [-0.05, 0) is 75.7 Å². The molecule has 1 saturated heterocycles. The third-order valence-corrected chi connectivity index (χ3v) is 7.40. The number of methoxy groups -OCH3 is 1. The number of benzene rings is 3. The number of halogens is 3. The highest BCUT2D eigenvalue weighted by molar-refractivity contribution is 9.10. The van der Waals surface area contributed by atoms with Gasteiger partial charge < -0.3 is 14.8 Å². The molecule has 0 aliphatic carbocycles. The zero-order chi connectivity index (χ0) is 26.5. The van der Waals surface area contributed by atoms with Crippen molar-refractivity contribution in [3.05, 3.63) is 91.2 Å². The predicted molar refractivity (Wildman–Crippen MR) is 149 cm³/mol. The number of imide groups is 1. The number of hydrogen-bond acceptors (Lipinski definition) is 6. The van der Waals surface area contributed by atoms with E-state index < -0.39 is 23.6 Å². The molecule has 0 atom stereocenters. The lowest BCUT2D eigenvalue weighted by Gasteiger charge is -2.13. The summed E-state index contributed by atoms with van der Waals surface area (Å²) in [6, 6.07) is 17.4. The number of hydrogen-bond donors (Lipinski definition) is 1. The van der Waals surface area contributed by atoms with E-state index in [1.54, 1.807) is 42.5 Å². The van der Waals surface area contributed by atoms with E-state index in [9.17, 15) is 14.4 Å². The maximum Gasteiger partial charge on any atom is 0.294 e. The maximum atomic E-state index is 12.8. The Morgan fingerprint density at radius 2 is 1.81 bits per heavy atom. The Hall–Kier alpha value is -2.98. The highest BCUT2D eigenvalue weighted by Crippen LogP contribution is 2.34. The van der Waals surface area contributed by atoms with Crippen LogP contribution in [0.5, 0.6) is 11.5 Å². The molecule has 0 unspecified atom stereocenters. The molecule has 1 aliphatic rings. The van der Waals surface area contributed by atoms with Crippen LogP contribution in [0.25, 0.3) is 6.08 Å². The van der Waals surface area contributed by atoms with Crippen LogP contribution in [0.4, 0.5) is 10.5 Å². The fourth-order valence-electron chi connectivity index (χ4n) is 3.37. The van der Waals surface area contributed by atoms with Crippen LogP contribution in [-0.4, -0.2) is 35.6 Å². The molecule has 37 heavy (non-hydrogen) atoms. The summed E-state index contributed by atoms with van der Waals surface area (Å²) in [7, 11) is 1.48. The van der Waals surface area contributed by atoms with Crippen molar-refractivity contribution in [2.24, 2.45) is 0 Å². The highest BCUT2D eigenvalue weighted by Gasteiger charge is 2.36. The van der Waals surface area contributed by atoms with E-state index in [0.29, 0.717) is 43.9 Å². The van der Waals surface area contributed by atoms with Gasteiger partial charge in [-0.3, -0.25) is 19.3 Å². The second-order valence-electron chi connectivity index (χ2n) is 7.74. The highest BCUT2D eigenvalue weighted by atomic mass is 79.9. The number of carbonyl (C=O) groups excluding carboxylic acids is 3. The van der Waals surface area contributed by atoms with Crippen LogP contribution >= 0.6 is 50.9 Å².